The van der Waals surface area contributed by atoms with Crippen LogP contribution in [0.15, 0.2) is 0 Å². The molecule has 0 saturated carbocycles. The molecular formula is C9H16N2O2. The fourth-order valence-corrected chi connectivity index (χ4v) is 2.27. The predicted molar refractivity (Wildman–Crippen MR) is 48.1 cm³/mol. The number of carbonyl (C=O) groups excluding carboxylic acids is 1. The highest BCUT2D eigenvalue weighted by atomic mass is 16.5. The summed E-state index contributed by atoms with van der Waals surface area (Å²) in [6.45, 7) is 1.64. The van der Waals surface area contributed by atoms with Gasteiger partial charge in [0.2, 0.25) is 5.91 Å². The highest BCUT2D eigenvalue weighted by Crippen LogP contribution is 2.26. The number of nitrogens with one attached hydrogen (secondary N) is 1. The SMILES string of the molecule is NC(=O)C1NC[C@@H]2CCCCOC12. The fraction of sp³-hybridized carbons (Fsp3) is 0.889. The molecule has 2 aliphatic rings. The molecular weight excluding hydrogens is 168 g/mol. The van der Waals surface area contributed by atoms with E-state index in [0.717, 1.165) is 26.0 Å². The molecule has 0 radical (unpaired) electrons. The van der Waals surface area contributed by atoms with E-state index in [1.165, 1.54) is 6.42 Å². The van der Waals surface area contributed by atoms with Crippen molar-refractivity contribution in [2.45, 2.75) is 31.4 Å². The van der Waals surface area contributed by atoms with Gasteiger partial charge in [-0.2, -0.15) is 0 Å². The Morgan fingerprint density at radius 3 is 3.08 bits per heavy atom. The number of hydrogen-bond acceptors (Lipinski definition) is 3. The molecule has 2 unspecified atom stereocenters. The number of fused-ring (bicyclic) bond motifs is 1. The summed E-state index contributed by atoms with van der Waals surface area (Å²) >= 11 is 0. The average molecular weight is 184 g/mol. The molecule has 2 rings (SSSR count). The molecule has 74 valence electrons. The average Bonchev–Trinajstić information content (AvgIpc) is 2.36. The molecule has 0 spiro atoms. The topological polar surface area (TPSA) is 64.4 Å². The quantitative estimate of drug-likeness (QED) is 0.584. The van der Waals surface area contributed by atoms with Gasteiger partial charge in [-0.15, -0.1) is 0 Å². The van der Waals surface area contributed by atoms with Crippen LogP contribution in [0.2, 0.25) is 0 Å². The fourth-order valence-electron chi connectivity index (χ4n) is 2.27. The van der Waals surface area contributed by atoms with Gasteiger partial charge < -0.3 is 15.8 Å². The maximum absolute atomic E-state index is 11.0. The van der Waals surface area contributed by atoms with E-state index in [9.17, 15) is 4.79 Å². The summed E-state index contributed by atoms with van der Waals surface area (Å²) < 4.78 is 5.64. The second-order valence-corrected chi connectivity index (χ2v) is 3.88. The van der Waals surface area contributed by atoms with E-state index in [1.54, 1.807) is 0 Å². The standard InChI is InChI=1S/C9H16N2O2/c10-9(12)7-8-6(5-11-7)3-1-2-4-13-8/h6-8,11H,1-5H2,(H2,10,12)/t6-,7?,8?/m0/s1. The molecule has 13 heavy (non-hydrogen) atoms. The Kier molecular flexibility index (Phi) is 2.51. The molecule has 0 aromatic rings. The van der Waals surface area contributed by atoms with E-state index in [-0.39, 0.29) is 18.1 Å². The van der Waals surface area contributed by atoms with E-state index < -0.39 is 0 Å². The monoisotopic (exact) mass is 184 g/mol. The summed E-state index contributed by atoms with van der Waals surface area (Å²) in [6.07, 6.45) is 3.49. The van der Waals surface area contributed by atoms with Crippen molar-refractivity contribution in [2.75, 3.05) is 13.2 Å². The van der Waals surface area contributed by atoms with Crippen LogP contribution in [0.1, 0.15) is 19.3 Å². The highest BCUT2D eigenvalue weighted by Gasteiger charge is 2.40. The number of rotatable bonds is 1. The summed E-state index contributed by atoms with van der Waals surface area (Å²) in [5, 5.41) is 3.13. The zero-order valence-electron chi connectivity index (χ0n) is 7.66. The first-order valence-corrected chi connectivity index (χ1v) is 4.93. The molecule has 0 aromatic heterocycles. The minimum atomic E-state index is -0.283. The predicted octanol–water partition coefficient (Wildman–Crippen LogP) is -0.371. The molecule has 3 N–H and O–H groups in total. The van der Waals surface area contributed by atoms with Gasteiger partial charge in [0.15, 0.2) is 0 Å². The first-order chi connectivity index (χ1) is 6.29. The first-order valence-electron chi connectivity index (χ1n) is 4.93. The second kappa shape index (κ2) is 3.64. The van der Waals surface area contributed by atoms with Crippen LogP contribution in [0, 0.1) is 5.92 Å². The van der Waals surface area contributed by atoms with Crippen LogP contribution in [0.3, 0.4) is 0 Å². The summed E-state index contributed by atoms with van der Waals surface area (Å²) in [5.41, 5.74) is 5.27. The first kappa shape index (κ1) is 8.97. The Balaban J connectivity index is 2.06. The van der Waals surface area contributed by atoms with Crippen molar-refractivity contribution in [3.8, 4) is 0 Å². The Bertz CT molecular complexity index is 208. The summed E-state index contributed by atoms with van der Waals surface area (Å²) in [5.74, 6) is 0.203. The smallest absolute Gasteiger partial charge is 0.237 e. The Hall–Kier alpha value is -0.610. The lowest BCUT2D eigenvalue weighted by molar-refractivity contribution is -0.123. The summed E-state index contributed by atoms with van der Waals surface area (Å²) in [4.78, 5) is 11.0. The Morgan fingerprint density at radius 1 is 1.46 bits per heavy atom. The summed E-state index contributed by atoms with van der Waals surface area (Å²) in [6, 6.07) is -0.261. The number of hydrogen-bond donors (Lipinski definition) is 2. The van der Waals surface area contributed by atoms with E-state index in [4.69, 9.17) is 10.5 Å². The van der Waals surface area contributed by atoms with Crippen LogP contribution in [-0.4, -0.2) is 31.2 Å². The van der Waals surface area contributed by atoms with Crippen LogP contribution < -0.4 is 11.1 Å². The van der Waals surface area contributed by atoms with Gasteiger partial charge in [0.05, 0.1) is 6.10 Å². The minimum absolute atomic E-state index is 0.0278. The van der Waals surface area contributed by atoms with Gasteiger partial charge in [-0.3, -0.25) is 4.79 Å². The van der Waals surface area contributed by atoms with Gasteiger partial charge in [0.1, 0.15) is 6.04 Å². The van der Waals surface area contributed by atoms with Crippen molar-refractivity contribution in [3.05, 3.63) is 0 Å². The van der Waals surface area contributed by atoms with Crippen molar-refractivity contribution < 1.29 is 9.53 Å². The van der Waals surface area contributed by atoms with Gasteiger partial charge in [0.25, 0.3) is 0 Å². The lowest BCUT2D eigenvalue weighted by Crippen LogP contribution is -2.44. The molecule has 2 heterocycles. The van der Waals surface area contributed by atoms with Crippen molar-refractivity contribution in [1.29, 1.82) is 0 Å². The molecule has 2 saturated heterocycles. The van der Waals surface area contributed by atoms with Gasteiger partial charge in [-0.1, -0.05) is 6.42 Å². The maximum atomic E-state index is 11.0. The number of ether oxygens (including phenoxy) is 1. The lowest BCUT2D eigenvalue weighted by atomic mass is 9.97. The molecule has 4 heteroatoms. The van der Waals surface area contributed by atoms with Crippen LogP contribution in [0.25, 0.3) is 0 Å². The maximum Gasteiger partial charge on any atom is 0.237 e. The normalized spacial score (nSPS) is 39.5. The Labute approximate surface area is 77.8 Å². The number of primary amides is 1. The molecule has 0 aliphatic carbocycles. The lowest BCUT2D eigenvalue weighted by Gasteiger charge is -2.19. The van der Waals surface area contributed by atoms with Gasteiger partial charge in [-0.05, 0) is 18.8 Å². The van der Waals surface area contributed by atoms with E-state index in [1.807, 2.05) is 0 Å². The third kappa shape index (κ3) is 1.69. The zero-order valence-corrected chi connectivity index (χ0v) is 7.66. The van der Waals surface area contributed by atoms with Crippen molar-refractivity contribution in [3.63, 3.8) is 0 Å². The van der Waals surface area contributed by atoms with Gasteiger partial charge >= 0.3 is 0 Å². The van der Waals surface area contributed by atoms with Crippen LogP contribution in [0.4, 0.5) is 0 Å². The van der Waals surface area contributed by atoms with E-state index in [0.29, 0.717) is 5.92 Å². The van der Waals surface area contributed by atoms with Crippen molar-refractivity contribution >= 4 is 5.91 Å². The van der Waals surface area contributed by atoms with Crippen LogP contribution in [-0.2, 0) is 9.53 Å². The molecule has 2 aliphatic heterocycles. The number of amides is 1. The molecule has 1 amide bonds. The third-order valence-corrected chi connectivity index (χ3v) is 2.98. The largest absolute Gasteiger partial charge is 0.376 e. The number of carbonyl (C=O) groups is 1. The Morgan fingerprint density at radius 2 is 2.31 bits per heavy atom. The number of nitrogens with two attached hydrogens (primary N) is 1. The van der Waals surface area contributed by atoms with E-state index in [2.05, 4.69) is 5.32 Å². The van der Waals surface area contributed by atoms with Gasteiger partial charge in [-0.25, -0.2) is 0 Å². The molecule has 0 bridgehead atoms. The van der Waals surface area contributed by atoms with Crippen molar-refractivity contribution in [2.24, 2.45) is 11.7 Å². The highest BCUT2D eigenvalue weighted by molar-refractivity contribution is 5.81. The third-order valence-electron chi connectivity index (χ3n) is 2.98. The molecule has 0 aromatic carbocycles. The van der Waals surface area contributed by atoms with E-state index >= 15 is 0 Å². The van der Waals surface area contributed by atoms with Gasteiger partial charge in [0, 0.05) is 13.2 Å². The minimum Gasteiger partial charge on any atom is -0.376 e. The van der Waals surface area contributed by atoms with Crippen LogP contribution >= 0.6 is 0 Å². The summed E-state index contributed by atoms with van der Waals surface area (Å²) in [7, 11) is 0. The second-order valence-electron chi connectivity index (χ2n) is 3.88. The molecule has 4 nitrogen and oxygen atoms in total. The molecule has 2 fully saturated rings. The zero-order chi connectivity index (χ0) is 9.26. The molecule has 3 atom stereocenters. The van der Waals surface area contributed by atoms with Crippen LogP contribution in [0.5, 0.6) is 0 Å². The van der Waals surface area contributed by atoms with Crippen molar-refractivity contribution in [1.82, 2.24) is 5.32 Å².